The highest BCUT2D eigenvalue weighted by Crippen LogP contribution is 2.44. The predicted octanol–water partition coefficient (Wildman–Crippen LogP) is 1.69. The zero-order valence-electron chi connectivity index (χ0n) is 12.7. The maximum atomic E-state index is 12.4. The second kappa shape index (κ2) is 5.65. The molecular formula is C16H17BrN2O4. The van der Waals surface area contributed by atoms with Gasteiger partial charge in [-0.25, -0.2) is 0 Å². The lowest BCUT2D eigenvalue weighted by Gasteiger charge is -2.40. The number of rotatable bonds is 2. The number of H-pyrrole nitrogens is 2. The van der Waals surface area contributed by atoms with Crippen LogP contribution in [0.5, 0.6) is 0 Å². The lowest BCUT2D eigenvalue weighted by atomic mass is 9.66. The van der Waals surface area contributed by atoms with Gasteiger partial charge in [0.05, 0.1) is 18.6 Å². The first kappa shape index (κ1) is 16.0. The Morgan fingerprint density at radius 2 is 2.00 bits per heavy atom. The Labute approximate surface area is 141 Å². The molecule has 3 N–H and O–H groups in total. The monoisotopic (exact) mass is 380 g/mol. The third-order valence-corrected chi connectivity index (χ3v) is 4.96. The lowest BCUT2D eigenvalue weighted by molar-refractivity contribution is -0.156. The number of halogens is 1. The number of nitrogens with one attached hydrogen (secondary N) is 2. The SMILES string of the molecule is COC(=O)[C@H]1[C@H](c2ccc(Br)cc2)c2c([nH][nH]c2=O)C[C@]1(C)O. The molecule has 1 aliphatic carbocycles. The van der Waals surface area contributed by atoms with E-state index in [0.29, 0.717) is 11.3 Å². The summed E-state index contributed by atoms with van der Waals surface area (Å²) in [6.07, 6.45) is 0.174. The molecule has 6 nitrogen and oxygen atoms in total. The van der Waals surface area contributed by atoms with Crippen LogP contribution in [0.1, 0.15) is 29.7 Å². The van der Waals surface area contributed by atoms with Crippen LogP contribution in [-0.2, 0) is 16.0 Å². The van der Waals surface area contributed by atoms with E-state index < -0.39 is 23.4 Å². The molecule has 0 saturated heterocycles. The number of hydrogen-bond donors (Lipinski definition) is 3. The zero-order valence-corrected chi connectivity index (χ0v) is 14.3. The first-order chi connectivity index (χ1) is 10.8. The average molecular weight is 381 g/mol. The van der Waals surface area contributed by atoms with Gasteiger partial charge in [0.2, 0.25) is 0 Å². The fourth-order valence-corrected chi connectivity index (χ4v) is 3.68. The first-order valence-corrected chi connectivity index (χ1v) is 7.99. The highest BCUT2D eigenvalue weighted by Gasteiger charge is 2.50. The minimum absolute atomic E-state index is 0.174. The van der Waals surface area contributed by atoms with Crippen molar-refractivity contribution in [3.63, 3.8) is 0 Å². The van der Waals surface area contributed by atoms with Crippen molar-refractivity contribution < 1.29 is 14.6 Å². The maximum Gasteiger partial charge on any atom is 0.312 e. The molecule has 1 aliphatic rings. The molecule has 3 rings (SSSR count). The van der Waals surface area contributed by atoms with Crippen LogP contribution < -0.4 is 5.56 Å². The van der Waals surface area contributed by atoms with E-state index in [1.54, 1.807) is 6.92 Å². The highest BCUT2D eigenvalue weighted by molar-refractivity contribution is 9.10. The molecule has 0 aliphatic heterocycles. The highest BCUT2D eigenvalue weighted by atomic mass is 79.9. The van der Waals surface area contributed by atoms with Gasteiger partial charge in [0.15, 0.2) is 0 Å². The number of carbonyl (C=O) groups is 1. The molecule has 0 amide bonds. The summed E-state index contributed by atoms with van der Waals surface area (Å²) in [6.45, 7) is 1.59. The van der Waals surface area contributed by atoms with Gasteiger partial charge in [-0.3, -0.25) is 14.7 Å². The van der Waals surface area contributed by atoms with E-state index in [1.165, 1.54) is 7.11 Å². The quantitative estimate of drug-likeness (QED) is 0.690. The van der Waals surface area contributed by atoms with E-state index in [-0.39, 0.29) is 12.0 Å². The summed E-state index contributed by atoms with van der Waals surface area (Å²) in [6, 6.07) is 7.35. The third kappa shape index (κ3) is 2.64. The lowest BCUT2D eigenvalue weighted by Crippen LogP contribution is -2.49. The van der Waals surface area contributed by atoms with Crippen LogP contribution in [0, 0.1) is 5.92 Å². The topological polar surface area (TPSA) is 95.2 Å². The van der Waals surface area contributed by atoms with Crippen molar-refractivity contribution in [3.8, 4) is 0 Å². The molecule has 0 unspecified atom stereocenters. The van der Waals surface area contributed by atoms with Crippen molar-refractivity contribution in [2.75, 3.05) is 7.11 Å². The zero-order chi connectivity index (χ0) is 16.8. The van der Waals surface area contributed by atoms with Crippen LogP contribution in [0.4, 0.5) is 0 Å². The summed E-state index contributed by atoms with van der Waals surface area (Å²) in [5.74, 6) is -1.98. The summed E-state index contributed by atoms with van der Waals surface area (Å²) >= 11 is 3.37. The van der Waals surface area contributed by atoms with Crippen molar-refractivity contribution in [2.24, 2.45) is 5.92 Å². The number of carbonyl (C=O) groups excluding carboxylic acids is 1. The van der Waals surface area contributed by atoms with Crippen molar-refractivity contribution in [1.29, 1.82) is 0 Å². The number of hydrogen-bond acceptors (Lipinski definition) is 4. The Hall–Kier alpha value is -1.86. The van der Waals surface area contributed by atoms with Crippen LogP contribution in [0.2, 0.25) is 0 Å². The van der Waals surface area contributed by atoms with Gasteiger partial charge < -0.3 is 14.9 Å². The number of esters is 1. The van der Waals surface area contributed by atoms with Crippen LogP contribution >= 0.6 is 15.9 Å². The van der Waals surface area contributed by atoms with Gasteiger partial charge in [-0.05, 0) is 24.6 Å². The fraction of sp³-hybridized carbons (Fsp3) is 0.375. The van der Waals surface area contributed by atoms with E-state index in [0.717, 1.165) is 10.0 Å². The van der Waals surface area contributed by atoms with Gasteiger partial charge in [-0.1, -0.05) is 28.1 Å². The molecule has 0 fully saturated rings. The first-order valence-electron chi connectivity index (χ1n) is 7.20. The summed E-state index contributed by atoms with van der Waals surface area (Å²) in [7, 11) is 1.29. The van der Waals surface area contributed by atoms with Gasteiger partial charge in [-0.2, -0.15) is 0 Å². The molecule has 0 radical (unpaired) electrons. The van der Waals surface area contributed by atoms with E-state index >= 15 is 0 Å². The summed E-state index contributed by atoms with van der Waals surface area (Å²) in [4.78, 5) is 24.6. The normalized spacial score (nSPS) is 26.6. The van der Waals surface area contributed by atoms with Crippen LogP contribution in [0.15, 0.2) is 33.5 Å². The second-order valence-electron chi connectivity index (χ2n) is 6.04. The van der Waals surface area contributed by atoms with E-state index in [9.17, 15) is 14.7 Å². The third-order valence-electron chi connectivity index (χ3n) is 4.43. The predicted molar refractivity (Wildman–Crippen MR) is 87.2 cm³/mol. The second-order valence-corrected chi connectivity index (χ2v) is 6.95. The number of ether oxygens (including phenoxy) is 1. The standard InChI is InChI=1S/C16H17BrN2O4/c1-16(22)7-10-12(14(20)19-18-10)11(13(16)15(21)23-2)8-3-5-9(17)6-4-8/h3-6,11,13,22H,7H2,1-2H3,(H2,18,19,20)/t11-,13-,16+/m1/s1. The maximum absolute atomic E-state index is 12.4. The molecule has 0 spiro atoms. The number of aliphatic hydroxyl groups is 1. The molecule has 122 valence electrons. The molecule has 23 heavy (non-hydrogen) atoms. The number of methoxy groups -OCH3 is 1. The van der Waals surface area contributed by atoms with Gasteiger partial charge in [0.25, 0.3) is 5.56 Å². The number of fused-ring (bicyclic) bond motifs is 1. The van der Waals surface area contributed by atoms with Crippen LogP contribution in [0.25, 0.3) is 0 Å². The van der Waals surface area contributed by atoms with Crippen molar-refractivity contribution in [1.82, 2.24) is 10.2 Å². The molecule has 0 bridgehead atoms. The van der Waals surface area contributed by atoms with Crippen LogP contribution in [-0.4, -0.2) is 34.0 Å². The molecule has 1 aromatic heterocycles. The minimum Gasteiger partial charge on any atom is -0.469 e. The molecule has 3 atom stereocenters. The Morgan fingerprint density at radius 3 is 2.61 bits per heavy atom. The molecule has 1 heterocycles. The Kier molecular flexibility index (Phi) is 3.93. The Balaban J connectivity index is 2.24. The molecule has 1 aromatic carbocycles. The summed E-state index contributed by atoms with van der Waals surface area (Å²) < 4.78 is 5.79. The largest absolute Gasteiger partial charge is 0.469 e. The molecule has 0 saturated carbocycles. The smallest absolute Gasteiger partial charge is 0.312 e. The van der Waals surface area contributed by atoms with E-state index in [4.69, 9.17) is 4.74 Å². The van der Waals surface area contributed by atoms with Gasteiger partial charge in [0.1, 0.15) is 0 Å². The van der Waals surface area contributed by atoms with E-state index in [2.05, 4.69) is 26.1 Å². The summed E-state index contributed by atoms with van der Waals surface area (Å²) in [5, 5.41) is 16.2. The number of benzene rings is 1. The van der Waals surface area contributed by atoms with Crippen LogP contribution in [0.3, 0.4) is 0 Å². The van der Waals surface area contributed by atoms with Crippen molar-refractivity contribution >= 4 is 21.9 Å². The Morgan fingerprint density at radius 1 is 1.35 bits per heavy atom. The number of aromatic nitrogens is 2. The summed E-state index contributed by atoms with van der Waals surface area (Å²) in [5.41, 5.74) is 0.262. The van der Waals surface area contributed by atoms with Gasteiger partial charge in [-0.15, -0.1) is 0 Å². The minimum atomic E-state index is -1.33. The van der Waals surface area contributed by atoms with Crippen molar-refractivity contribution in [2.45, 2.75) is 24.9 Å². The molecule has 2 aromatic rings. The Bertz CT molecular complexity index is 791. The molecular weight excluding hydrogens is 364 g/mol. The molecule has 7 heteroatoms. The van der Waals surface area contributed by atoms with Gasteiger partial charge in [0, 0.05) is 28.1 Å². The van der Waals surface area contributed by atoms with Gasteiger partial charge >= 0.3 is 5.97 Å². The number of aromatic amines is 2. The van der Waals surface area contributed by atoms with E-state index in [1.807, 2.05) is 24.3 Å². The fourth-order valence-electron chi connectivity index (χ4n) is 3.41. The average Bonchev–Trinajstić information content (AvgIpc) is 2.85. The van der Waals surface area contributed by atoms with Crippen molar-refractivity contribution in [3.05, 3.63) is 55.9 Å².